The Labute approximate surface area is 176 Å². The monoisotopic (exact) mass is 434 g/mol. The maximum Gasteiger partial charge on any atom is 0.280 e. The lowest BCUT2D eigenvalue weighted by Crippen LogP contribution is -2.23. The van der Waals surface area contributed by atoms with Crippen molar-refractivity contribution in [2.45, 2.75) is 19.5 Å². The minimum atomic E-state index is -2.80. The van der Waals surface area contributed by atoms with Crippen molar-refractivity contribution in [3.63, 3.8) is 0 Å². The number of anilines is 1. The van der Waals surface area contributed by atoms with Crippen LogP contribution in [-0.2, 0) is 4.74 Å². The van der Waals surface area contributed by atoms with Crippen LogP contribution in [0.3, 0.4) is 0 Å². The third-order valence-corrected chi connectivity index (χ3v) is 4.27. The molecule has 10 heteroatoms. The number of nitrogens with zero attached hydrogens (tertiary/aromatic N) is 3. The molecule has 0 aliphatic carbocycles. The summed E-state index contributed by atoms with van der Waals surface area (Å²) in [6.45, 7) is 1.41. The van der Waals surface area contributed by atoms with Crippen LogP contribution in [0.15, 0.2) is 36.4 Å². The molecule has 0 aliphatic heterocycles. The number of aromatic nitrogens is 3. The number of aryl methyl sites for hydroxylation is 1. The number of halogens is 3. The van der Waals surface area contributed by atoms with Gasteiger partial charge < -0.3 is 20.3 Å². The largest absolute Gasteiger partial charge is 0.474 e. The molecule has 0 bridgehead atoms. The molecular formula is C21H21F3N4O3. The Morgan fingerprint density at radius 1 is 1.03 bits per heavy atom. The maximum absolute atomic E-state index is 13.4. The molecule has 164 valence electrons. The lowest BCUT2D eigenvalue weighted by atomic mass is 9.99. The van der Waals surface area contributed by atoms with Gasteiger partial charge in [0.2, 0.25) is 11.8 Å². The Balaban J connectivity index is 2.20. The number of rotatable bonds is 8. The van der Waals surface area contributed by atoms with Gasteiger partial charge in [0.05, 0.1) is 17.9 Å². The van der Waals surface area contributed by atoms with E-state index >= 15 is 0 Å². The molecule has 0 spiro atoms. The highest BCUT2D eigenvalue weighted by Crippen LogP contribution is 2.39. The molecule has 3 N–H and O–H groups in total. The summed E-state index contributed by atoms with van der Waals surface area (Å²) < 4.78 is 50.8. The predicted octanol–water partition coefficient (Wildman–Crippen LogP) is 3.56. The Bertz CT molecular complexity index is 1050. The van der Waals surface area contributed by atoms with Gasteiger partial charge in [0, 0.05) is 18.4 Å². The lowest BCUT2D eigenvalue weighted by Gasteiger charge is -2.18. The Morgan fingerprint density at radius 3 is 2.39 bits per heavy atom. The minimum absolute atomic E-state index is 0.0185. The molecule has 1 aromatic carbocycles. The van der Waals surface area contributed by atoms with Crippen LogP contribution in [0.2, 0.25) is 0 Å². The second kappa shape index (κ2) is 9.71. The molecule has 0 saturated heterocycles. The van der Waals surface area contributed by atoms with Gasteiger partial charge in [-0.15, -0.1) is 0 Å². The number of aliphatic hydroxyl groups excluding tert-OH is 1. The van der Waals surface area contributed by atoms with Crippen molar-refractivity contribution in [1.82, 2.24) is 15.0 Å². The van der Waals surface area contributed by atoms with Crippen LogP contribution < -0.4 is 10.5 Å². The molecular weight excluding hydrogens is 413 g/mol. The second-order valence-electron chi connectivity index (χ2n) is 6.76. The van der Waals surface area contributed by atoms with Crippen LogP contribution in [0.1, 0.15) is 17.8 Å². The van der Waals surface area contributed by atoms with Gasteiger partial charge in [0.25, 0.3) is 6.43 Å². The maximum atomic E-state index is 13.4. The van der Waals surface area contributed by atoms with E-state index in [2.05, 4.69) is 15.0 Å². The van der Waals surface area contributed by atoms with Crippen LogP contribution >= 0.6 is 0 Å². The van der Waals surface area contributed by atoms with Crippen molar-refractivity contribution in [2.75, 3.05) is 26.1 Å². The molecule has 0 fully saturated rings. The van der Waals surface area contributed by atoms with Crippen molar-refractivity contribution in [2.24, 2.45) is 0 Å². The first-order valence-corrected chi connectivity index (χ1v) is 9.28. The van der Waals surface area contributed by atoms with Crippen LogP contribution in [-0.4, -0.2) is 46.5 Å². The van der Waals surface area contributed by atoms with E-state index in [1.165, 1.54) is 37.4 Å². The SMILES string of the molecule is COC[C@@H](O)COc1nc(N)nc(-c2ccc(F)cc2)c1-c1cc(C)nc(C(F)F)c1. The Morgan fingerprint density at radius 2 is 1.74 bits per heavy atom. The molecule has 3 rings (SSSR count). The zero-order chi connectivity index (χ0) is 22.5. The van der Waals surface area contributed by atoms with Crippen LogP contribution in [0.5, 0.6) is 5.88 Å². The fraction of sp³-hybridized carbons (Fsp3) is 0.286. The summed E-state index contributed by atoms with van der Waals surface area (Å²) in [5, 5.41) is 9.94. The highest BCUT2D eigenvalue weighted by Gasteiger charge is 2.22. The summed E-state index contributed by atoms with van der Waals surface area (Å²) in [5.41, 5.74) is 7.08. The zero-order valence-electron chi connectivity index (χ0n) is 16.8. The van der Waals surface area contributed by atoms with Gasteiger partial charge in [0.1, 0.15) is 24.2 Å². The predicted molar refractivity (Wildman–Crippen MR) is 108 cm³/mol. The molecule has 31 heavy (non-hydrogen) atoms. The third-order valence-electron chi connectivity index (χ3n) is 4.27. The number of methoxy groups -OCH3 is 1. The number of nitrogens with two attached hydrogens (primary N) is 1. The highest BCUT2D eigenvalue weighted by atomic mass is 19.3. The molecule has 0 saturated carbocycles. The van der Waals surface area contributed by atoms with Gasteiger partial charge in [0.15, 0.2) is 0 Å². The standard InChI is InChI=1S/C21H21F3N4O3/c1-11-7-13(8-16(26-11)19(23)24)17-18(12-3-5-14(22)6-4-12)27-21(25)28-20(17)31-10-15(29)9-30-2/h3-8,15,19,29H,9-10H2,1-2H3,(H2,25,27,28)/t15-/m1/s1. The summed E-state index contributed by atoms with van der Waals surface area (Å²) in [5.74, 6) is -0.613. The van der Waals surface area contributed by atoms with E-state index in [-0.39, 0.29) is 36.3 Å². The summed E-state index contributed by atoms with van der Waals surface area (Å²) >= 11 is 0. The molecule has 2 heterocycles. The zero-order valence-corrected chi connectivity index (χ0v) is 16.8. The average molecular weight is 434 g/mol. The first-order valence-electron chi connectivity index (χ1n) is 9.28. The van der Waals surface area contributed by atoms with Crippen molar-refractivity contribution in [3.05, 3.63) is 53.6 Å². The molecule has 0 radical (unpaired) electrons. The molecule has 0 aliphatic rings. The summed E-state index contributed by atoms with van der Waals surface area (Å²) in [4.78, 5) is 12.2. The van der Waals surface area contributed by atoms with Crippen molar-refractivity contribution in [3.8, 4) is 28.3 Å². The number of hydrogen-bond acceptors (Lipinski definition) is 7. The fourth-order valence-corrected chi connectivity index (χ4v) is 3.00. The van der Waals surface area contributed by atoms with Crippen LogP contribution in [0, 0.1) is 12.7 Å². The van der Waals surface area contributed by atoms with Crippen molar-refractivity contribution in [1.29, 1.82) is 0 Å². The number of hydrogen-bond donors (Lipinski definition) is 2. The minimum Gasteiger partial charge on any atom is -0.474 e. The number of benzene rings is 1. The van der Waals surface area contributed by atoms with Gasteiger partial charge in [-0.2, -0.15) is 4.98 Å². The van der Waals surface area contributed by atoms with E-state index < -0.39 is 24.0 Å². The van der Waals surface area contributed by atoms with E-state index in [0.717, 1.165) is 0 Å². The molecule has 1 atom stereocenters. The highest BCUT2D eigenvalue weighted by molar-refractivity contribution is 5.85. The number of nitrogen functional groups attached to an aromatic ring is 1. The second-order valence-corrected chi connectivity index (χ2v) is 6.76. The first-order chi connectivity index (χ1) is 14.8. The Hall–Kier alpha value is -3.24. The van der Waals surface area contributed by atoms with E-state index in [0.29, 0.717) is 16.8 Å². The normalized spacial score (nSPS) is 12.2. The van der Waals surface area contributed by atoms with Crippen molar-refractivity contribution < 1.29 is 27.8 Å². The fourth-order valence-electron chi connectivity index (χ4n) is 3.00. The molecule has 0 amide bonds. The molecule has 7 nitrogen and oxygen atoms in total. The van der Waals surface area contributed by atoms with Gasteiger partial charge in [-0.3, -0.25) is 4.98 Å². The van der Waals surface area contributed by atoms with Crippen LogP contribution in [0.25, 0.3) is 22.4 Å². The quantitative estimate of drug-likeness (QED) is 0.559. The van der Waals surface area contributed by atoms with Crippen LogP contribution in [0.4, 0.5) is 19.1 Å². The third kappa shape index (κ3) is 5.47. The summed E-state index contributed by atoms with van der Waals surface area (Å²) in [7, 11) is 1.43. The van der Waals surface area contributed by atoms with Gasteiger partial charge in [-0.05, 0) is 48.9 Å². The number of alkyl halides is 2. The number of aliphatic hydroxyl groups is 1. The Kier molecular flexibility index (Phi) is 7.03. The molecule has 0 unspecified atom stereocenters. The smallest absolute Gasteiger partial charge is 0.280 e. The van der Waals surface area contributed by atoms with E-state index in [1.54, 1.807) is 13.0 Å². The summed E-state index contributed by atoms with van der Waals surface area (Å²) in [6.07, 6.45) is -3.75. The topological polar surface area (TPSA) is 103 Å². The van der Waals surface area contributed by atoms with E-state index in [1.807, 2.05) is 0 Å². The van der Waals surface area contributed by atoms with Crippen molar-refractivity contribution >= 4 is 5.95 Å². The average Bonchev–Trinajstić information content (AvgIpc) is 2.72. The molecule has 2 aromatic heterocycles. The van der Waals surface area contributed by atoms with E-state index in [9.17, 15) is 18.3 Å². The van der Waals surface area contributed by atoms with E-state index in [4.69, 9.17) is 15.2 Å². The number of ether oxygens (including phenoxy) is 2. The first kappa shape index (κ1) is 22.4. The van der Waals surface area contributed by atoms with Gasteiger partial charge in [-0.25, -0.2) is 18.2 Å². The van der Waals surface area contributed by atoms with Gasteiger partial charge in [-0.1, -0.05) is 0 Å². The van der Waals surface area contributed by atoms with Gasteiger partial charge >= 0.3 is 0 Å². The lowest BCUT2D eigenvalue weighted by molar-refractivity contribution is 0.0316. The molecule has 3 aromatic rings. The summed E-state index contributed by atoms with van der Waals surface area (Å²) in [6, 6.07) is 8.22. The number of pyridine rings is 1.